The molecule has 0 amide bonds. The van der Waals surface area contributed by atoms with Crippen molar-refractivity contribution in [1.29, 1.82) is 0 Å². The Bertz CT molecular complexity index is 516. The van der Waals surface area contributed by atoms with Gasteiger partial charge >= 0.3 is 6.18 Å². The standard InChI is InChI=1S/C9H7F3N2O/c1-14-7-4-5(15)2-3-6(7)13-8(14)9(10,11)12/h2-4,15H,1H3. The number of alkyl halides is 3. The lowest BCUT2D eigenvalue weighted by atomic mass is 10.3. The van der Waals surface area contributed by atoms with Crippen LogP contribution in [0.1, 0.15) is 5.82 Å². The lowest BCUT2D eigenvalue weighted by Gasteiger charge is -2.05. The monoisotopic (exact) mass is 216 g/mol. The van der Waals surface area contributed by atoms with E-state index in [2.05, 4.69) is 4.98 Å². The zero-order valence-electron chi connectivity index (χ0n) is 7.71. The number of fused-ring (bicyclic) bond motifs is 1. The predicted molar refractivity (Wildman–Crippen MR) is 47.4 cm³/mol. The highest BCUT2D eigenvalue weighted by Crippen LogP contribution is 2.31. The topological polar surface area (TPSA) is 38.0 Å². The Hall–Kier alpha value is -1.72. The van der Waals surface area contributed by atoms with Crippen LogP contribution in [-0.4, -0.2) is 14.7 Å². The second kappa shape index (κ2) is 2.88. The molecule has 0 radical (unpaired) electrons. The number of aromatic hydroxyl groups is 1. The van der Waals surface area contributed by atoms with Crippen molar-refractivity contribution in [2.24, 2.45) is 7.05 Å². The molecule has 0 aliphatic carbocycles. The predicted octanol–water partition coefficient (Wildman–Crippen LogP) is 2.30. The van der Waals surface area contributed by atoms with Crippen LogP contribution in [-0.2, 0) is 13.2 Å². The fourth-order valence-corrected chi connectivity index (χ4v) is 1.43. The van der Waals surface area contributed by atoms with Crippen LogP contribution in [0, 0.1) is 0 Å². The molecule has 1 aromatic heterocycles. The highest BCUT2D eigenvalue weighted by atomic mass is 19.4. The van der Waals surface area contributed by atoms with E-state index in [4.69, 9.17) is 5.11 Å². The summed E-state index contributed by atoms with van der Waals surface area (Å²) in [5.41, 5.74) is 0.463. The first-order chi connectivity index (χ1) is 6.89. The molecule has 1 heterocycles. The summed E-state index contributed by atoms with van der Waals surface area (Å²) in [6.45, 7) is 0. The van der Waals surface area contributed by atoms with E-state index in [0.717, 1.165) is 4.57 Å². The number of aromatic nitrogens is 2. The summed E-state index contributed by atoms with van der Waals surface area (Å²) in [7, 11) is 1.26. The molecule has 1 aromatic carbocycles. The number of aryl methyl sites for hydroxylation is 1. The number of imidazole rings is 1. The van der Waals surface area contributed by atoms with E-state index in [9.17, 15) is 13.2 Å². The number of hydrogen-bond acceptors (Lipinski definition) is 2. The van der Waals surface area contributed by atoms with E-state index in [0.29, 0.717) is 0 Å². The quantitative estimate of drug-likeness (QED) is 0.733. The molecular formula is C9H7F3N2O. The number of hydrogen-bond donors (Lipinski definition) is 1. The largest absolute Gasteiger partial charge is 0.508 e. The summed E-state index contributed by atoms with van der Waals surface area (Å²) in [5.74, 6) is -1.05. The van der Waals surface area contributed by atoms with E-state index in [1.807, 2.05) is 0 Å². The minimum atomic E-state index is -4.48. The van der Waals surface area contributed by atoms with Gasteiger partial charge in [-0.15, -0.1) is 0 Å². The molecular weight excluding hydrogens is 209 g/mol. The molecule has 2 rings (SSSR count). The van der Waals surface area contributed by atoms with Crippen LogP contribution in [0.2, 0.25) is 0 Å². The number of halogens is 3. The normalized spacial score (nSPS) is 12.3. The summed E-state index contributed by atoms with van der Waals surface area (Å²) in [6, 6.07) is 3.90. The third-order valence-corrected chi connectivity index (χ3v) is 2.12. The Labute approximate surface area is 82.8 Å². The lowest BCUT2D eigenvalue weighted by Crippen LogP contribution is -2.12. The molecule has 0 unspecified atom stereocenters. The van der Waals surface area contributed by atoms with Gasteiger partial charge in [-0.25, -0.2) is 4.98 Å². The minimum absolute atomic E-state index is 0.0841. The van der Waals surface area contributed by atoms with Gasteiger partial charge in [-0.2, -0.15) is 13.2 Å². The van der Waals surface area contributed by atoms with Crippen molar-refractivity contribution in [1.82, 2.24) is 9.55 Å². The lowest BCUT2D eigenvalue weighted by molar-refractivity contribution is -0.146. The van der Waals surface area contributed by atoms with Crippen molar-refractivity contribution in [2.45, 2.75) is 6.18 Å². The second-order valence-electron chi connectivity index (χ2n) is 3.17. The molecule has 0 aliphatic rings. The summed E-state index contributed by atoms with van der Waals surface area (Å²) >= 11 is 0. The molecule has 1 N–H and O–H groups in total. The Morgan fingerprint density at radius 3 is 2.60 bits per heavy atom. The second-order valence-corrected chi connectivity index (χ2v) is 3.17. The average molecular weight is 216 g/mol. The number of phenols is 1. The van der Waals surface area contributed by atoms with Crippen LogP contribution in [0.4, 0.5) is 13.2 Å². The SMILES string of the molecule is Cn1c(C(F)(F)F)nc2ccc(O)cc21. The van der Waals surface area contributed by atoms with E-state index in [-0.39, 0.29) is 16.8 Å². The number of phenolic OH excluding ortho intramolecular Hbond substituents is 1. The van der Waals surface area contributed by atoms with Crippen molar-refractivity contribution < 1.29 is 18.3 Å². The first-order valence-corrected chi connectivity index (χ1v) is 4.12. The molecule has 0 spiro atoms. The van der Waals surface area contributed by atoms with Gasteiger partial charge in [0.1, 0.15) is 5.75 Å². The molecule has 2 aromatic rings. The van der Waals surface area contributed by atoms with Crippen LogP contribution < -0.4 is 0 Å². The Morgan fingerprint density at radius 1 is 1.33 bits per heavy atom. The van der Waals surface area contributed by atoms with Crippen LogP contribution in [0.3, 0.4) is 0 Å². The van der Waals surface area contributed by atoms with Crippen LogP contribution in [0.25, 0.3) is 11.0 Å². The first-order valence-electron chi connectivity index (χ1n) is 4.12. The highest BCUT2D eigenvalue weighted by molar-refractivity contribution is 5.77. The Balaban J connectivity index is 2.76. The summed E-state index contributed by atoms with van der Waals surface area (Å²) < 4.78 is 38.2. The van der Waals surface area contributed by atoms with Crippen molar-refractivity contribution in [3.05, 3.63) is 24.0 Å². The number of nitrogens with zero attached hydrogens (tertiary/aromatic N) is 2. The molecule has 15 heavy (non-hydrogen) atoms. The third-order valence-electron chi connectivity index (χ3n) is 2.12. The van der Waals surface area contributed by atoms with E-state index >= 15 is 0 Å². The Kier molecular flexibility index (Phi) is 1.89. The summed E-state index contributed by atoms with van der Waals surface area (Å²) in [6.07, 6.45) is -4.48. The average Bonchev–Trinajstić information content (AvgIpc) is 2.43. The molecule has 6 heteroatoms. The van der Waals surface area contributed by atoms with Crippen LogP contribution >= 0.6 is 0 Å². The summed E-state index contributed by atoms with van der Waals surface area (Å²) in [5, 5.41) is 9.14. The smallest absolute Gasteiger partial charge is 0.449 e. The zero-order chi connectivity index (χ0) is 11.2. The van der Waals surface area contributed by atoms with Gasteiger partial charge < -0.3 is 9.67 Å². The zero-order valence-corrected chi connectivity index (χ0v) is 7.71. The van der Waals surface area contributed by atoms with Crippen molar-refractivity contribution >= 4 is 11.0 Å². The number of benzene rings is 1. The molecule has 3 nitrogen and oxygen atoms in total. The van der Waals surface area contributed by atoms with Gasteiger partial charge in [0, 0.05) is 13.1 Å². The van der Waals surface area contributed by atoms with Gasteiger partial charge in [0.15, 0.2) is 0 Å². The minimum Gasteiger partial charge on any atom is -0.508 e. The van der Waals surface area contributed by atoms with Gasteiger partial charge in [-0.3, -0.25) is 0 Å². The molecule has 0 atom stereocenters. The van der Waals surface area contributed by atoms with Crippen molar-refractivity contribution in [3.8, 4) is 5.75 Å². The van der Waals surface area contributed by atoms with Gasteiger partial charge in [0.25, 0.3) is 0 Å². The Morgan fingerprint density at radius 2 is 2.00 bits per heavy atom. The maximum Gasteiger partial charge on any atom is 0.449 e. The van der Waals surface area contributed by atoms with Gasteiger partial charge in [0.2, 0.25) is 5.82 Å². The maximum atomic E-state index is 12.4. The summed E-state index contributed by atoms with van der Waals surface area (Å²) in [4.78, 5) is 3.45. The van der Waals surface area contributed by atoms with E-state index < -0.39 is 12.0 Å². The third kappa shape index (κ3) is 1.51. The van der Waals surface area contributed by atoms with Crippen molar-refractivity contribution in [2.75, 3.05) is 0 Å². The van der Waals surface area contributed by atoms with E-state index in [1.54, 1.807) is 0 Å². The van der Waals surface area contributed by atoms with Crippen LogP contribution in [0.15, 0.2) is 18.2 Å². The fraction of sp³-hybridized carbons (Fsp3) is 0.222. The number of rotatable bonds is 0. The van der Waals surface area contributed by atoms with Gasteiger partial charge in [-0.1, -0.05) is 0 Å². The molecule has 0 aliphatic heterocycles. The van der Waals surface area contributed by atoms with Crippen molar-refractivity contribution in [3.63, 3.8) is 0 Å². The van der Waals surface area contributed by atoms with Gasteiger partial charge in [0.05, 0.1) is 11.0 Å². The highest BCUT2D eigenvalue weighted by Gasteiger charge is 2.36. The van der Waals surface area contributed by atoms with Gasteiger partial charge in [-0.05, 0) is 12.1 Å². The molecule has 0 fully saturated rings. The molecule has 0 saturated heterocycles. The molecule has 80 valence electrons. The molecule has 0 saturated carbocycles. The van der Waals surface area contributed by atoms with E-state index in [1.165, 1.54) is 25.2 Å². The fourth-order valence-electron chi connectivity index (χ4n) is 1.43. The molecule has 0 bridgehead atoms. The maximum absolute atomic E-state index is 12.4. The van der Waals surface area contributed by atoms with Crippen LogP contribution in [0.5, 0.6) is 5.75 Å². The first kappa shape index (κ1) is 9.82.